The highest BCUT2D eigenvalue weighted by molar-refractivity contribution is 6.35. The summed E-state index contributed by atoms with van der Waals surface area (Å²) in [5.41, 5.74) is -0.181. The predicted molar refractivity (Wildman–Crippen MR) is 94.9 cm³/mol. The molecule has 0 aliphatic rings. The van der Waals surface area contributed by atoms with Crippen molar-refractivity contribution in [1.82, 2.24) is 10.2 Å². The number of hydrogen-bond acceptors (Lipinski definition) is 2. The van der Waals surface area contributed by atoms with Crippen molar-refractivity contribution < 1.29 is 9.59 Å². The van der Waals surface area contributed by atoms with Crippen LogP contribution in [0, 0.1) is 5.41 Å². The summed E-state index contributed by atoms with van der Waals surface area (Å²) in [5, 5.41) is 3.97. The Hall–Kier alpha value is -1.26. The number of rotatable bonds is 7. The van der Waals surface area contributed by atoms with Crippen LogP contribution in [0.5, 0.6) is 0 Å². The maximum Gasteiger partial charge on any atom is 0.237 e. The highest BCUT2D eigenvalue weighted by Gasteiger charge is 2.38. The molecular weight excluding hydrogens is 335 g/mol. The van der Waals surface area contributed by atoms with Gasteiger partial charge in [-0.15, -0.1) is 0 Å². The van der Waals surface area contributed by atoms with E-state index in [1.54, 1.807) is 30.9 Å². The van der Waals surface area contributed by atoms with Crippen molar-refractivity contribution in [3.63, 3.8) is 0 Å². The molecule has 2 amide bonds. The molecule has 0 atom stereocenters. The van der Waals surface area contributed by atoms with E-state index < -0.39 is 5.41 Å². The quantitative estimate of drug-likeness (QED) is 0.757. The zero-order valence-corrected chi connectivity index (χ0v) is 15.6. The summed E-state index contributed by atoms with van der Waals surface area (Å²) in [6.45, 7) is 8.69. The lowest BCUT2D eigenvalue weighted by atomic mass is 9.90. The molecule has 1 aromatic carbocycles. The van der Waals surface area contributed by atoms with E-state index in [1.165, 1.54) is 0 Å². The van der Waals surface area contributed by atoms with Gasteiger partial charge in [0.1, 0.15) is 5.41 Å². The number of nitrogens with one attached hydrogen (secondary N) is 1. The zero-order valence-electron chi connectivity index (χ0n) is 14.1. The van der Waals surface area contributed by atoms with Crippen LogP contribution in [-0.2, 0) is 16.0 Å². The normalized spacial score (nSPS) is 11.2. The minimum atomic E-state index is -1.09. The van der Waals surface area contributed by atoms with Gasteiger partial charge in [-0.05, 0) is 51.8 Å². The predicted octanol–water partition coefficient (Wildman–Crippen LogP) is 3.55. The Labute approximate surface area is 148 Å². The molecule has 128 valence electrons. The summed E-state index contributed by atoms with van der Waals surface area (Å²) >= 11 is 12.0. The van der Waals surface area contributed by atoms with Crippen molar-refractivity contribution in [3.05, 3.63) is 33.8 Å². The summed E-state index contributed by atoms with van der Waals surface area (Å²) in [5.74, 6) is -0.441. The SMILES string of the molecule is CCN(CC)C(=O)C(C)(C)C(=O)NCCc1ccc(Cl)cc1Cl. The number of nitrogens with zero attached hydrogens (tertiary/aromatic N) is 1. The van der Waals surface area contributed by atoms with Crippen molar-refractivity contribution >= 4 is 35.0 Å². The van der Waals surface area contributed by atoms with Gasteiger partial charge in [-0.3, -0.25) is 9.59 Å². The molecule has 1 aromatic rings. The van der Waals surface area contributed by atoms with Gasteiger partial charge >= 0.3 is 0 Å². The van der Waals surface area contributed by atoms with Gasteiger partial charge < -0.3 is 10.2 Å². The fourth-order valence-corrected chi connectivity index (χ4v) is 2.76. The third kappa shape index (κ3) is 5.11. The molecule has 0 aliphatic carbocycles. The van der Waals surface area contributed by atoms with Crippen molar-refractivity contribution in [1.29, 1.82) is 0 Å². The van der Waals surface area contributed by atoms with Crippen molar-refractivity contribution in [3.8, 4) is 0 Å². The van der Waals surface area contributed by atoms with E-state index in [2.05, 4.69) is 5.32 Å². The van der Waals surface area contributed by atoms with Crippen LogP contribution in [0.15, 0.2) is 18.2 Å². The van der Waals surface area contributed by atoms with E-state index in [1.807, 2.05) is 19.9 Å². The third-order valence-corrected chi connectivity index (χ3v) is 4.43. The molecule has 0 saturated carbocycles. The second-order valence-corrected chi connectivity index (χ2v) is 6.69. The van der Waals surface area contributed by atoms with Crippen LogP contribution in [0.1, 0.15) is 33.3 Å². The van der Waals surface area contributed by atoms with Crippen LogP contribution in [0.25, 0.3) is 0 Å². The Morgan fingerprint density at radius 1 is 1.17 bits per heavy atom. The topological polar surface area (TPSA) is 49.4 Å². The summed E-state index contributed by atoms with van der Waals surface area (Å²) in [6.07, 6.45) is 0.581. The van der Waals surface area contributed by atoms with E-state index in [4.69, 9.17) is 23.2 Å². The second-order valence-electron chi connectivity index (χ2n) is 5.84. The van der Waals surface area contributed by atoms with Gasteiger partial charge in [0.15, 0.2) is 0 Å². The summed E-state index contributed by atoms with van der Waals surface area (Å²) < 4.78 is 0. The van der Waals surface area contributed by atoms with E-state index in [0.29, 0.717) is 36.1 Å². The lowest BCUT2D eigenvalue weighted by molar-refractivity contribution is -0.148. The Kier molecular flexibility index (Phi) is 7.36. The van der Waals surface area contributed by atoms with Crippen LogP contribution in [0.4, 0.5) is 0 Å². The molecule has 0 fully saturated rings. The zero-order chi connectivity index (χ0) is 17.6. The minimum absolute atomic E-state index is 0.162. The Morgan fingerprint density at radius 3 is 2.30 bits per heavy atom. The first-order valence-electron chi connectivity index (χ1n) is 7.75. The number of benzene rings is 1. The van der Waals surface area contributed by atoms with Gasteiger partial charge in [-0.25, -0.2) is 0 Å². The molecule has 0 unspecified atom stereocenters. The maximum atomic E-state index is 12.4. The molecular formula is C17H24Cl2N2O2. The van der Waals surface area contributed by atoms with Crippen molar-refractivity contribution in [2.75, 3.05) is 19.6 Å². The van der Waals surface area contributed by atoms with E-state index in [-0.39, 0.29) is 11.8 Å². The average molecular weight is 359 g/mol. The highest BCUT2D eigenvalue weighted by atomic mass is 35.5. The fraction of sp³-hybridized carbons (Fsp3) is 0.529. The molecule has 0 bridgehead atoms. The largest absolute Gasteiger partial charge is 0.355 e. The first kappa shape index (κ1) is 19.8. The fourth-order valence-electron chi connectivity index (χ4n) is 2.26. The van der Waals surface area contributed by atoms with Crippen LogP contribution >= 0.6 is 23.2 Å². The molecule has 0 heterocycles. The van der Waals surface area contributed by atoms with E-state index in [9.17, 15) is 9.59 Å². The molecule has 23 heavy (non-hydrogen) atoms. The monoisotopic (exact) mass is 358 g/mol. The van der Waals surface area contributed by atoms with E-state index >= 15 is 0 Å². The third-order valence-electron chi connectivity index (χ3n) is 3.85. The molecule has 6 heteroatoms. The summed E-state index contributed by atoms with van der Waals surface area (Å²) in [6, 6.07) is 5.27. The Bertz CT molecular complexity index is 570. The van der Waals surface area contributed by atoms with Gasteiger partial charge in [-0.1, -0.05) is 29.3 Å². The highest BCUT2D eigenvalue weighted by Crippen LogP contribution is 2.22. The number of amides is 2. The van der Waals surface area contributed by atoms with Gasteiger partial charge in [0.25, 0.3) is 0 Å². The van der Waals surface area contributed by atoms with Gasteiger partial charge in [0.2, 0.25) is 11.8 Å². The summed E-state index contributed by atoms with van der Waals surface area (Å²) in [7, 11) is 0. The summed E-state index contributed by atoms with van der Waals surface area (Å²) in [4.78, 5) is 26.4. The lowest BCUT2D eigenvalue weighted by Crippen LogP contribution is -2.49. The van der Waals surface area contributed by atoms with Crippen LogP contribution in [0.3, 0.4) is 0 Å². The first-order chi connectivity index (χ1) is 10.7. The number of carbonyl (C=O) groups is 2. The van der Waals surface area contributed by atoms with Crippen LogP contribution in [0.2, 0.25) is 10.0 Å². The maximum absolute atomic E-state index is 12.4. The van der Waals surface area contributed by atoms with E-state index in [0.717, 1.165) is 5.56 Å². The molecule has 0 aliphatic heterocycles. The Balaban J connectivity index is 2.63. The second kappa shape index (κ2) is 8.55. The van der Waals surface area contributed by atoms with Gasteiger partial charge in [0, 0.05) is 29.7 Å². The molecule has 0 radical (unpaired) electrons. The van der Waals surface area contributed by atoms with Crippen molar-refractivity contribution in [2.45, 2.75) is 34.1 Å². The van der Waals surface area contributed by atoms with Crippen LogP contribution < -0.4 is 5.32 Å². The lowest BCUT2D eigenvalue weighted by Gasteiger charge is -2.29. The van der Waals surface area contributed by atoms with Gasteiger partial charge in [0.05, 0.1) is 0 Å². The standard InChI is InChI=1S/C17H24Cl2N2O2/c1-5-21(6-2)16(23)17(3,4)15(22)20-10-9-12-7-8-13(18)11-14(12)19/h7-8,11H,5-6,9-10H2,1-4H3,(H,20,22). The first-order valence-corrected chi connectivity index (χ1v) is 8.51. The molecule has 0 spiro atoms. The molecule has 0 aromatic heterocycles. The van der Waals surface area contributed by atoms with Crippen LogP contribution in [-0.4, -0.2) is 36.3 Å². The average Bonchev–Trinajstić information content (AvgIpc) is 2.50. The smallest absolute Gasteiger partial charge is 0.237 e. The molecule has 4 nitrogen and oxygen atoms in total. The number of halogens is 2. The number of hydrogen-bond donors (Lipinski definition) is 1. The Morgan fingerprint density at radius 2 is 1.78 bits per heavy atom. The number of carbonyl (C=O) groups excluding carboxylic acids is 2. The molecule has 1 N–H and O–H groups in total. The molecule has 1 rings (SSSR count). The minimum Gasteiger partial charge on any atom is -0.355 e. The van der Waals surface area contributed by atoms with Crippen molar-refractivity contribution in [2.24, 2.45) is 5.41 Å². The van der Waals surface area contributed by atoms with Gasteiger partial charge in [-0.2, -0.15) is 0 Å². The molecule has 0 saturated heterocycles.